The van der Waals surface area contributed by atoms with Crippen LogP contribution in [0.2, 0.25) is 0 Å². The summed E-state index contributed by atoms with van der Waals surface area (Å²) in [5.41, 5.74) is 6.63. The highest BCUT2D eigenvalue weighted by Gasteiger charge is 2.25. The van der Waals surface area contributed by atoms with E-state index in [2.05, 4.69) is 21.0 Å². The molecule has 0 atom stereocenters. The molecule has 2 N–H and O–H groups in total. The molecule has 2 aromatic heterocycles. The molecule has 1 saturated heterocycles. The highest BCUT2D eigenvalue weighted by Crippen LogP contribution is 2.30. The summed E-state index contributed by atoms with van der Waals surface area (Å²) in [5, 5.41) is 13.7. The number of hydrogen-bond acceptors (Lipinski definition) is 8. The van der Waals surface area contributed by atoms with Crippen molar-refractivity contribution in [3.05, 3.63) is 24.0 Å². The van der Waals surface area contributed by atoms with E-state index >= 15 is 0 Å². The minimum atomic E-state index is 0.108. The van der Waals surface area contributed by atoms with Crippen molar-refractivity contribution < 1.29 is 9.15 Å². The van der Waals surface area contributed by atoms with Crippen LogP contribution >= 0.6 is 0 Å². The van der Waals surface area contributed by atoms with Crippen molar-refractivity contribution >= 4 is 11.8 Å². The SMILES string of the molecule is CCN(c1nc(N)nc(-c2ccco2)c1C#N)N1CCOCC1. The van der Waals surface area contributed by atoms with E-state index in [9.17, 15) is 5.26 Å². The summed E-state index contributed by atoms with van der Waals surface area (Å²) in [5.74, 6) is 1.10. The third kappa shape index (κ3) is 2.97. The fraction of sp³-hybridized carbons (Fsp3) is 0.400. The van der Waals surface area contributed by atoms with Gasteiger partial charge in [0.15, 0.2) is 11.6 Å². The van der Waals surface area contributed by atoms with E-state index in [0.29, 0.717) is 42.6 Å². The molecule has 23 heavy (non-hydrogen) atoms. The number of aromatic nitrogens is 2. The minimum absolute atomic E-state index is 0.108. The van der Waals surface area contributed by atoms with Gasteiger partial charge in [0.05, 0.1) is 19.5 Å². The van der Waals surface area contributed by atoms with Gasteiger partial charge in [-0.2, -0.15) is 10.2 Å². The van der Waals surface area contributed by atoms with Gasteiger partial charge in [0.1, 0.15) is 17.3 Å². The molecular weight excluding hydrogens is 296 g/mol. The molecule has 8 nitrogen and oxygen atoms in total. The van der Waals surface area contributed by atoms with Crippen LogP contribution in [0, 0.1) is 11.3 Å². The zero-order chi connectivity index (χ0) is 16.2. The number of hydrogen-bond donors (Lipinski definition) is 1. The predicted octanol–water partition coefficient (Wildman–Crippen LogP) is 1.26. The second-order valence-corrected chi connectivity index (χ2v) is 5.00. The Kier molecular flexibility index (Phi) is 4.41. The highest BCUT2D eigenvalue weighted by molar-refractivity contribution is 5.71. The van der Waals surface area contributed by atoms with Crippen molar-refractivity contribution in [1.29, 1.82) is 5.26 Å². The summed E-state index contributed by atoms with van der Waals surface area (Å²) in [6, 6.07) is 5.68. The second-order valence-electron chi connectivity index (χ2n) is 5.00. The second kappa shape index (κ2) is 6.64. The summed E-state index contributed by atoms with van der Waals surface area (Å²) >= 11 is 0. The Hall–Kier alpha value is -2.63. The zero-order valence-corrected chi connectivity index (χ0v) is 12.9. The van der Waals surface area contributed by atoms with Gasteiger partial charge >= 0.3 is 0 Å². The fourth-order valence-electron chi connectivity index (χ4n) is 2.63. The molecule has 1 aliphatic heterocycles. The predicted molar refractivity (Wildman–Crippen MR) is 84.3 cm³/mol. The van der Waals surface area contributed by atoms with Crippen molar-refractivity contribution in [3.8, 4) is 17.5 Å². The molecular formula is C15H18N6O2. The van der Waals surface area contributed by atoms with E-state index in [1.165, 1.54) is 6.26 Å². The molecule has 3 heterocycles. The number of nitrogens with zero attached hydrogens (tertiary/aromatic N) is 5. The first-order valence-corrected chi connectivity index (χ1v) is 7.46. The Balaban J connectivity index is 2.08. The average Bonchev–Trinajstić information content (AvgIpc) is 3.10. The number of furan rings is 1. The minimum Gasteiger partial charge on any atom is -0.463 e. The molecule has 2 aromatic rings. The van der Waals surface area contributed by atoms with Crippen LogP contribution in [0.3, 0.4) is 0 Å². The molecule has 0 aromatic carbocycles. The van der Waals surface area contributed by atoms with Crippen LogP contribution < -0.4 is 10.7 Å². The van der Waals surface area contributed by atoms with Crippen molar-refractivity contribution in [2.24, 2.45) is 0 Å². The number of nitriles is 1. The fourth-order valence-corrected chi connectivity index (χ4v) is 2.63. The zero-order valence-electron chi connectivity index (χ0n) is 12.9. The van der Waals surface area contributed by atoms with Gasteiger partial charge in [-0.15, -0.1) is 0 Å². The van der Waals surface area contributed by atoms with E-state index in [4.69, 9.17) is 14.9 Å². The Bertz CT molecular complexity index is 703. The maximum absolute atomic E-state index is 9.65. The molecule has 0 radical (unpaired) electrons. The molecule has 0 spiro atoms. The average molecular weight is 314 g/mol. The van der Waals surface area contributed by atoms with Gasteiger partial charge in [-0.3, -0.25) is 5.01 Å². The quantitative estimate of drug-likeness (QED) is 0.899. The Morgan fingerprint density at radius 3 is 2.78 bits per heavy atom. The lowest BCUT2D eigenvalue weighted by Gasteiger charge is -2.37. The number of hydrazine groups is 1. The molecule has 0 saturated carbocycles. The largest absolute Gasteiger partial charge is 0.463 e. The molecule has 1 fully saturated rings. The summed E-state index contributed by atoms with van der Waals surface area (Å²) in [6.45, 7) is 5.41. The number of morpholine rings is 1. The van der Waals surface area contributed by atoms with Gasteiger partial charge in [-0.05, 0) is 19.1 Å². The van der Waals surface area contributed by atoms with E-state index < -0.39 is 0 Å². The lowest BCUT2D eigenvalue weighted by atomic mass is 10.2. The van der Waals surface area contributed by atoms with Gasteiger partial charge in [-0.25, -0.2) is 9.99 Å². The molecule has 3 rings (SSSR count). The molecule has 8 heteroatoms. The topological polar surface area (TPSA) is 104 Å². The first-order chi connectivity index (χ1) is 11.2. The first-order valence-electron chi connectivity index (χ1n) is 7.46. The van der Waals surface area contributed by atoms with Gasteiger partial charge < -0.3 is 14.9 Å². The molecule has 1 aliphatic rings. The van der Waals surface area contributed by atoms with Gasteiger partial charge in [0, 0.05) is 19.6 Å². The normalized spacial score (nSPS) is 15.3. The summed E-state index contributed by atoms with van der Waals surface area (Å²) in [4.78, 5) is 8.50. The summed E-state index contributed by atoms with van der Waals surface area (Å²) < 4.78 is 10.8. The smallest absolute Gasteiger partial charge is 0.222 e. The first kappa shape index (κ1) is 15.3. The summed E-state index contributed by atoms with van der Waals surface area (Å²) in [6.07, 6.45) is 1.54. The Labute approximate surface area is 134 Å². The number of nitrogen functional groups attached to an aromatic ring is 1. The van der Waals surface area contributed by atoms with Crippen LogP contribution in [0.1, 0.15) is 12.5 Å². The Morgan fingerprint density at radius 1 is 1.39 bits per heavy atom. The molecule has 120 valence electrons. The van der Waals surface area contributed by atoms with Crippen LogP contribution in [-0.4, -0.2) is 47.8 Å². The maximum Gasteiger partial charge on any atom is 0.222 e. The van der Waals surface area contributed by atoms with Gasteiger partial charge in [0.25, 0.3) is 0 Å². The van der Waals surface area contributed by atoms with Gasteiger partial charge in [0.2, 0.25) is 5.95 Å². The standard InChI is InChI=1S/C15H18N6O2/c1-2-21(20-5-8-22-9-6-20)14-11(10-16)13(18-15(17)19-14)12-4-3-7-23-12/h3-4,7H,2,5-6,8-9H2,1H3,(H2,17,18,19). The number of rotatable bonds is 4. The van der Waals surface area contributed by atoms with Crippen molar-refractivity contribution in [3.63, 3.8) is 0 Å². The molecule has 0 unspecified atom stereocenters. The number of nitrogens with two attached hydrogens (primary N) is 1. The number of anilines is 2. The van der Waals surface area contributed by atoms with Crippen LogP contribution in [0.15, 0.2) is 22.8 Å². The maximum atomic E-state index is 9.65. The van der Waals surface area contributed by atoms with E-state index in [1.54, 1.807) is 12.1 Å². The molecule has 0 aliphatic carbocycles. The monoisotopic (exact) mass is 314 g/mol. The van der Waals surface area contributed by atoms with Crippen molar-refractivity contribution in [2.75, 3.05) is 43.6 Å². The summed E-state index contributed by atoms with van der Waals surface area (Å²) in [7, 11) is 0. The van der Waals surface area contributed by atoms with Crippen LogP contribution in [0.4, 0.5) is 11.8 Å². The van der Waals surface area contributed by atoms with Crippen molar-refractivity contribution in [1.82, 2.24) is 15.0 Å². The lowest BCUT2D eigenvalue weighted by Crippen LogP contribution is -2.49. The van der Waals surface area contributed by atoms with Crippen molar-refractivity contribution in [2.45, 2.75) is 6.92 Å². The van der Waals surface area contributed by atoms with Crippen LogP contribution in [0.5, 0.6) is 0 Å². The van der Waals surface area contributed by atoms with E-state index in [1.807, 2.05) is 11.9 Å². The molecule has 0 amide bonds. The van der Waals surface area contributed by atoms with E-state index in [-0.39, 0.29) is 5.95 Å². The molecule has 0 bridgehead atoms. The van der Waals surface area contributed by atoms with Crippen LogP contribution in [0.25, 0.3) is 11.5 Å². The third-order valence-electron chi connectivity index (χ3n) is 3.65. The highest BCUT2D eigenvalue weighted by atomic mass is 16.5. The van der Waals surface area contributed by atoms with Gasteiger partial charge in [-0.1, -0.05) is 0 Å². The third-order valence-corrected chi connectivity index (χ3v) is 3.65. The van der Waals surface area contributed by atoms with Crippen LogP contribution in [-0.2, 0) is 4.74 Å². The lowest BCUT2D eigenvalue weighted by molar-refractivity contribution is 0.0318. The number of ether oxygens (including phenoxy) is 1. The van der Waals surface area contributed by atoms with E-state index in [0.717, 1.165) is 13.1 Å². The Morgan fingerprint density at radius 2 is 2.17 bits per heavy atom.